The molecule has 0 spiro atoms. The first kappa shape index (κ1) is 26.8. The molecule has 1 N–H and O–H groups in total. The molecule has 1 fully saturated rings. The van der Waals surface area contributed by atoms with Crippen LogP contribution >= 0.6 is 15.9 Å². The number of halogens is 2. The Morgan fingerprint density at radius 1 is 1.27 bits per heavy atom. The summed E-state index contributed by atoms with van der Waals surface area (Å²) in [5, 5.41) is 12.2. The van der Waals surface area contributed by atoms with Crippen molar-refractivity contribution in [3.63, 3.8) is 0 Å². The zero-order valence-electron chi connectivity index (χ0n) is 20.0. The van der Waals surface area contributed by atoms with E-state index < -0.39 is 15.9 Å². The van der Waals surface area contributed by atoms with Crippen LogP contribution in [0, 0.1) is 17.1 Å². The summed E-state index contributed by atoms with van der Waals surface area (Å²) in [6, 6.07) is 10.9. The zero-order valence-corrected chi connectivity index (χ0v) is 22.4. The number of hydrogen-bond acceptors (Lipinski definition) is 7. The van der Waals surface area contributed by atoms with Gasteiger partial charge in [-0.1, -0.05) is 22.0 Å². The molecule has 37 heavy (non-hydrogen) atoms. The van der Waals surface area contributed by atoms with E-state index in [-0.39, 0.29) is 23.3 Å². The van der Waals surface area contributed by atoms with Gasteiger partial charge < -0.3 is 19.0 Å². The molecular weight excluding hydrogens is 565 g/mol. The molecule has 194 valence electrons. The van der Waals surface area contributed by atoms with Crippen molar-refractivity contribution in [3.8, 4) is 11.8 Å². The summed E-state index contributed by atoms with van der Waals surface area (Å²) < 4.78 is 44.4. The van der Waals surface area contributed by atoms with Gasteiger partial charge in [0.05, 0.1) is 24.2 Å². The van der Waals surface area contributed by atoms with Crippen LogP contribution in [-0.2, 0) is 34.4 Å². The summed E-state index contributed by atoms with van der Waals surface area (Å²) in [5.74, 6) is -0.375. The number of likely N-dealkylation sites (tertiary alicyclic amines) is 1. The number of nitrogens with one attached hydrogen (secondary N) is 1. The normalized spacial score (nSPS) is 15.7. The summed E-state index contributed by atoms with van der Waals surface area (Å²) in [4.78, 5) is 18.9. The van der Waals surface area contributed by atoms with E-state index in [1.807, 2.05) is 10.6 Å². The highest BCUT2D eigenvalue weighted by molar-refractivity contribution is 9.10. The van der Waals surface area contributed by atoms with Gasteiger partial charge in [0.2, 0.25) is 5.91 Å². The first-order chi connectivity index (χ1) is 17.6. The monoisotopic (exact) mass is 589 g/mol. The van der Waals surface area contributed by atoms with Gasteiger partial charge in [-0.3, -0.25) is 4.79 Å². The van der Waals surface area contributed by atoms with Crippen molar-refractivity contribution in [2.75, 3.05) is 19.3 Å². The second-order valence-electron chi connectivity index (χ2n) is 8.78. The minimum absolute atomic E-state index is 0.0105. The molecule has 2 heterocycles. The standard InChI is InChI=1S/C25H25BrFN5O4S/c1-37(34,35)36-21-4-5-22(26)19(11-21)15-31-9-7-24(25(31)33)30-8-6-20-13-29-16-32(20)14-17-2-3-18(12-28)23(27)10-17/h2-5,10-11,13,16,24,30H,6-9,14-15H2,1H3. The van der Waals surface area contributed by atoms with Crippen molar-refractivity contribution in [2.45, 2.75) is 32.0 Å². The molecule has 1 saturated heterocycles. The lowest BCUT2D eigenvalue weighted by molar-refractivity contribution is -0.129. The zero-order chi connectivity index (χ0) is 26.6. The van der Waals surface area contributed by atoms with Crippen LogP contribution in [-0.4, -0.2) is 54.2 Å². The molecule has 0 aliphatic carbocycles. The van der Waals surface area contributed by atoms with E-state index >= 15 is 0 Å². The molecule has 0 bridgehead atoms. The van der Waals surface area contributed by atoms with Gasteiger partial charge in [-0.25, -0.2) is 9.37 Å². The van der Waals surface area contributed by atoms with E-state index in [2.05, 4.69) is 26.2 Å². The largest absolute Gasteiger partial charge is 0.383 e. The Hall–Kier alpha value is -3.27. The lowest BCUT2D eigenvalue weighted by atomic mass is 10.1. The number of rotatable bonds is 10. The second-order valence-corrected chi connectivity index (χ2v) is 11.2. The molecule has 2 aromatic carbocycles. The minimum Gasteiger partial charge on any atom is -0.383 e. The van der Waals surface area contributed by atoms with Gasteiger partial charge in [0.25, 0.3) is 0 Å². The fourth-order valence-corrected chi connectivity index (χ4v) is 5.03. The van der Waals surface area contributed by atoms with Crippen molar-refractivity contribution < 1.29 is 21.8 Å². The van der Waals surface area contributed by atoms with Crippen molar-refractivity contribution in [2.24, 2.45) is 0 Å². The first-order valence-corrected chi connectivity index (χ1v) is 14.1. The van der Waals surface area contributed by atoms with Crippen LogP contribution in [0.5, 0.6) is 5.75 Å². The SMILES string of the molecule is CS(=O)(=O)Oc1ccc(Br)c(CN2CCC(NCCc3cncn3Cc3ccc(C#N)c(F)c3)C2=O)c1. The van der Waals surface area contributed by atoms with Crippen LogP contribution in [0.2, 0.25) is 0 Å². The minimum atomic E-state index is -3.65. The number of imidazole rings is 1. The Balaban J connectivity index is 1.31. The Labute approximate surface area is 223 Å². The third-order valence-electron chi connectivity index (χ3n) is 6.00. The van der Waals surface area contributed by atoms with Crippen LogP contribution in [0.3, 0.4) is 0 Å². The summed E-state index contributed by atoms with van der Waals surface area (Å²) in [6.07, 6.45) is 5.68. The molecule has 4 rings (SSSR count). The maximum Gasteiger partial charge on any atom is 0.306 e. The lowest BCUT2D eigenvalue weighted by Crippen LogP contribution is -2.39. The highest BCUT2D eigenvalue weighted by atomic mass is 79.9. The molecule has 1 unspecified atom stereocenters. The number of carbonyl (C=O) groups is 1. The van der Waals surface area contributed by atoms with E-state index in [4.69, 9.17) is 9.44 Å². The summed E-state index contributed by atoms with van der Waals surface area (Å²) in [7, 11) is -3.65. The molecule has 1 aliphatic heterocycles. The predicted molar refractivity (Wildman–Crippen MR) is 138 cm³/mol. The molecule has 12 heteroatoms. The van der Waals surface area contributed by atoms with E-state index in [0.29, 0.717) is 39.0 Å². The summed E-state index contributed by atoms with van der Waals surface area (Å²) in [5.41, 5.74) is 2.42. The van der Waals surface area contributed by atoms with Crippen molar-refractivity contribution in [1.82, 2.24) is 19.8 Å². The van der Waals surface area contributed by atoms with Crippen molar-refractivity contribution >= 4 is 32.0 Å². The second kappa shape index (κ2) is 11.4. The third kappa shape index (κ3) is 6.94. The van der Waals surface area contributed by atoms with Gasteiger partial charge in [-0.15, -0.1) is 0 Å². The van der Waals surface area contributed by atoms with E-state index in [1.165, 1.54) is 12.1 Å². The summed E-state index contributed by atoms with van der Waals surface area (Å²) in [6.45, 7) is 1.87. The fraction of sp³-hybridized carbons (Fsp3) is 0.320. The molecule has 3 aromatic rings. The van der Waals surface area contributed by atoms with Gasteiger partial charge in [-0.05, 0) is 47.9 Å². The third-order valence-corrected chi connectivity index (χ3v) is 7.27. The lowest BCUT2D eigenvalue weighted by Gasteiger charge is -2.19. The molecule has 0 saturated carbocycles. The molecule has 1 atom stereocenters. The smallest absolute Gasteiger partial charge is 0.306 e. The fourth-order valence-electron chi connectivity index (χ4n) is 4.21. The number of carbonyl (C=O) groups excluding carboxylic acids is 1. The van der Waals surface area contributed by atoms with Gasteiger partial charge in [0.15, 0.2) is 0 Å². The van der Waals surface area contributed by atoms with Gasteiger partial charge in [-0.2, -0.15) is 13.7 Å². The summed E-state index contributed by atoms with van der Waals surface area (Å²) >= 11 is 3.46. The average Bonchev–Trinajstić information content (AvgIpc) is 3.42. The molecule has 1 amide bonds. The number of aromatic nitrogens is 2. The number of benzene rings is 2. The Morgan fingerprint density at radius 3 is 2.81 bits per heavy atom. The van der Waals surface area contributed by atoms with E-state index in [0.717, 1.165) is 27.5 Å². The van der Waals surface area contributed by atoms with Gasteiger partial charge in [0, 0.05) is 49.0 Å². The number of amides is 1. The van der Waals surface area contributed by atoms with Crippen LogP contribution < -0.4 is 9.50 Å². The molecule has 9 nitrogen and oxygen atoms in total. The van der Waals surface area contributed by atoms with Crippen molar-refractivity contribution in [3.05, 3.63) is 81.6 Å². The Bertz CT molecular complexity index is 1450. The Kier molecular flexibility index (Phi) is 8.26. The van der Waals surface area contributed by atoms with Crippen LogP contribution in [0.15, 0.2) is 53.4 Å². The van der Waals surface area contributed by atoms with Gasteiger partial charge in [0.1, 0.15) is 17.6 Å². The molecule has 0 radical (unpaired) electrons. The van der Waals surface area contributed by atoms with Crippen LogP contribution in [0.4, 0.5) is 4.39 Å². The quantitative estimate of drug-likeness (QED) is 0.361. The number of hydrogen-bond donors (Lipinski definition) is 1. The van der Waals surface area contributed by atoms with Crippen molar-refractivity contribution in [1.29, 1.82) is 5.26 Å². The van der Waals surface area contributed by atoms with Gasteiger partial charge >= 0.3 is 10.1 Å². The maximum atomic E-state index is 13.9. The Morgan fingerprint density at radius 2 is 2.08 bits per heavy atom. The number of nitrogens with zero attached hydrogens (tertiary/aromatic N) is 4. The maximum absolute atomic E-state index is 13.9. The van der Waals surface area contributed by atoms with E-state index in [9.17, 15) is 17.6 Å². The van der Waals surface area contributed by atoms with E-state index in [1.54, 1.807) is 41.7 Å². The van der Waals surface area contributed by atoms with Crippen LogP contribution in [0.25, 0.3) is 0 Å². The number of nitriles is 1. The van der Waals surface area contributed by atoms with Crippen LogP contribution in [0.1, 0.15) is 28.8 Å². The molecular formula is C25H25BrFN5O4S. The topological polar surface area (TPSA) is 117 Å². The highest BCUT2D eigenvalue weighted by Crippen LogP contribution is 2.26. The highest BCUT2D eigenvalue weighted by Gasteiger charge is 2.31. The molecule has 1 aromatic heterocycles. The predicted octanol–water partition coefficient (Wildman–Crippen LogP) is 2.98. The molecule has 1 aliphatic rings. The average molecular weight is 590 g/mol. The first-order valence-electron chi connectivity index (χ1n) is 11.5.